The molecule has 1 heterocycles. The maximum atomic E-state index is 6.00. The minimum Gasteiger partial charge on any atom is -0.381 e. The summed E-state index contributed by atoms with van der Waals surface area (Å²) >= 11 is 0. The van der Waals surface area contributed by atoms with Crippen LogP contribution >= 0.6 is 0 Å². The van der Waals surface area contributed by atoms with Gasteiger partial charge in [0.2, 0.25) is 0 Å². The first-order valence-electron chi connectivity index (χ1n) is 6.92. The van der Waals surface area contributed by atoms with Crippen molar-refractivity contribution in [2.75, 3.05) is 7.11 Å². The van der Waals surface area contributed by atoms with Gasteiger partial charge >= 0.3 is 0 Å². The number of methoxy groups -OCH3 is 1. The van der Waals surface area contributed by atoms with Crippen LogP contribution in [0, 0.1) is 5.92 Å². The fourth-order valence-corrected chi connectivity index (χ4v) is 3.26. The molecule has 2 aliphatic rings. The molecular formula is C15H26O2. The van der Waals surface area contributed by atoms with Gasteiger partial charge in [0.1, 0.15) is 0 Å². The Morgan fingerprint density at radius 2 is 2.06 bits per heavy atom. The van der Waals surface area contributed by atoms with E-state index in [0.29, 0.717) is 18.1 Å². The van der Waals surface area contributed by atoms with Crippen LogP contribution in [-0.4, -0.2) is 24.9 Å². The van der Waals surface area contributed by atoms with Gasteiger partial charge in [0, 0.05) is 13.0 Å². The predicted molar refractivity (Wildman–Crippen MR) is 70.1 cm³/mol. The smallest absolute Gasteiger partial charge is 0.0976 e. The van der Waals surface area contributed by atoms with Gasteiger partial charge in [0.25, 0.3) is 0 Å². The number of epoxide rings is 1. The van der Waals surface area contributed by atoms with E-state index in [9.17, 15) is 0 Å². The van der Waals surface area contributed by atoms with E-state index in [1.165, 1.54) is 31.3 Å². The number of hydrogen-bond acceptors (Lipinski definition) is 2. The number of rotatable bonds is 4. The monoisotopic (exact) mass is 238 g/mol. The fourth-order valence-electron chi connectivity index (χ4n) is 3.26. The standard InChI is InChI=1S/C15H26O2/c1-11(2)9-10-14-15(3,17-14)12-7-5-6-8-13(12)16-4/h9,12-14H,5-8,10H2,1-4H3/t12?,13-,14-,15-/m1/s1. The lowest BCUT2D eigenvalue weighted by atomic mass is 9.76. The molecule has 0 spiro atoms. The van der Waals surface area contributed by atoms with Crippen LogP contribution in [0.2, 0.25) is 0 Å². The lowest BCUT2D eigenvalue weighted by molar-refractivity contribution is -0.00777. The van der Waals surface area contributed by atoms with E-state index in [1.807, 2.05) is 7.11 Å². The molecule has 2 heteroatoms. The Hall–Kier alpha value is -0.340. The number of ether oxygens (including phenoxy) is 2. The zero-order valence-corrected chi connectivity index (χ0v) is 11.7. The van der Waals surface area contributed by atoms with E-state index in [0.717, 1.165) is 6.42 Å². The van der Waals surface area contributed by atoms with Gasteiger partial charge in [-0.25, -0.2) is 0 Å². The van der Waals surface area contributed by atoms with Crippen molar-refractivity contribution in [2.24, 2.45) is 5.92 Å². The molecular weight excluding hydrogens is 212 g/mol. The van der Waals surface area contributed by atoms with Crippen molar-refractivity contribution in [3.8, 4) is 0 Å². The molecule has 0 aromatic heterocycles. The summed E-state index contributed by atoms with van der Waals surface area (Å²) in [6.07, 6.45) is 9.29. The lowest BCUT2D eigenvalue weighted by Crippen LogP contribution is -2.37. The molecule has 2 nitrogen and oxygen atoms in total. The predicted octanol–water partition coefficient (Wildman–Crippen LogP) is 3.71. The van der Waals surface area contributed by atoms with Crippen LogP contribution in [-0.2, 0) is 9.47 Å². The van der Waals surface area contributed by atoms with Crippen LogP contribution < -0.4 is 0 Å². The highest BCUT2D eigenvalue weighted by Gasteiger charge is 2.58. The topological polar surface area (TPSA) is 21.8 Å². The molecule has 0 bridgehead atoms. The molecule has 0 aromatic rings. The molecule has 1 unspecified atom stereocenters. The quantitative estimate of drug-likeness (QED) is 0.550. The van der Waals surface area contributed by atoms with Crippen LogP contribution in [0.3, 0.4) is 0 Å². The van der Waals surface area contributed by atoms with Gasteiger partial charge in [0.05, 0.1) is 17.8 Å². The zero-order valence-electron chi connectivity index (χ0n) is 11.7. The molecule has 0 amide bonds. The van der Waals surface area contributed by atoms with Gasteiger partial charge in [-0.05, 0) is 40.0 Å². The van der Waals surface area contributed by atoms with Crippen molar-refractivity contribution >= 4 is 0 Å². The molecule has 0 aromatic carbocycles. The summed E-state index contributed by atoms with van der Waals surface area (Å²) in [6.45, 7) is 6.58. The summed E-state index contributed by atoms with van der Waals surface area (Å²) in [5.41, 5.74) is 1.46. The van der Waals surface area contributed by atoms with Crippen molar-refractivity contribution in [1.29, 1.82) is 0 Å². The first kappa shape index (κ1) is 13.1. The summed E-state index contributed by atoms with van der Waals surface area (Å²) in [5, 5.41) is 0. The van der Waals surface area contributed by atoms with E-state index in [-0.39, 0.29) is 5.60 Å². The summed E-state index contributed by atoms with van der Waals surface area (Å²) in [7, 11) is 1.85. The summed E-state index contributed by atoms with van der Waals surface area (Å²) in [5.74, 6) is 0.594. The third-order valence-electron chi connectivity index (χ3n) is 4.46. The molecule has 1 saturated heterocycles. The summed E-state index contributed by atoms with van der Waals surface area (Å²) in [6, 6.07) is 0. The van der Waals surface area contributed by atoms with Crippen molar-refractivity contribution in [1.82, 2.24) is 0 Å². The molecule has 17 heavy (non-hydrogen) atoms. The minimum absolute atomic E-state index is 0.0764. The van der Waals surface area contributed by atoms with Crippen LogP contribution in [0.4, 0.5) is 0 Å². The van der Waals surface area contributed by atoms with E-state index in [2.05, 4.69) is 26.8 Å². The van der Waals surface area contributed by atoms with Crippen molar-refractivity contribution in [3.63, 3.8) is 0 Å². The normalized spacial score (nSPS) is 41.1. The van der Waals surface area contributed by atoms with Crippen molar-refractivity contribution < 1.29 is 9.47 Å². The highest BCUT2D eigenvalue weighted by atomic mass is 16.6. The molecule has 98 valence electrons. The average Bonchev–Trinajstić information content (AvgIpc) is 2.99. The third-order valence-corrected chi connectivity index (χ3v) is 4.46. The largest absolute Gasteiger partial charge is 0.381 e. The highest BCUT2D eigenvalue weighted by molar-refractivity contribution is 5.10. The van der Waals surface area contributed by atoms with Crippen molar-refractivity contribution in [3.05, 3.63) is 11.6 Å². The Morgan fingerprint density at radius 3 is 2.71 bits per heavy atom. The maximum absolute atomic E-state index is 6.00. The van der Waals surface area contributed by atoms with E-state index >= 15 is 0 Å². The fraction of sp³-hybridized carbons (Fsp3) is 0.867. The Bertz CT molecular complexity index is 293. The van der Waals surface area contributed by atoms with Crippen LogP contribution in [0.1, 0.15) is 52.9 Å². The number of allylic oxidation sites excluding steroid dienone is 1. The summed E-state index contributed by atoms with van der Waals surface area (Å²) in [4.78, 5) is 0. The molecule has 4 atom stereocenters. The zero-order chi connectivity index (χ0) is 12.5. The van der Waals surface area contributed by atoms with Crippen LogP contribution in [0.5, 0.6) is 0 Å². The Kier molecular flexibility index (Phi) is 3.94. The third kappa shape index (κ3) is 2.74. The summed E-state index contributed by atoms with van der Waals surface area (Å²) < 4.78 is 11.7. The Morgan fingerprint density at radius 1 is 1.35 bits per heavy atom. The first-order valence-corrected chi connectivity index (χ1v) is 6.92. The molecule has 1 saturated carbocycles. The minimum atomic E-state index is 0.0764. The second-order valence-electron chi connectivity index (χ2n) is 5.97. The highest BCUT2D eigenvalue weighted by Crippen LogP contribution is 2.50. The molecule has 2 rings (SSSR count). The van der Waals surface area contributed by atoms with Crippen LogP contribution in [0.15, 0.2) is 11.6 Å². The van der Waals surface area contributed by atoms with E-state index < -0.39 is 0 Å². The van der Waals surface area contributed by atoms with Gasteiger partial charge in [-0.1, -0.05) is 24.5 Å². The van der Waals surface area contributed by atoms with E-state index in [4.69, 9.17) is 9.47 Å². The molecule has 2 fully saturated rings. The van der Waals surface area contributed by atoms with Crippen LogP contribution in [0.25, 0.3) is 0 Å². The average molecular weight is 238 g/mol. The molecule has 0 radical (unpaired) electrons. The van der Waals surface area contributed by atoms with Crippen molar-refractivity contribution in [2.45, 2.75) is 70.7 Å². The Balaban J connectivity index is 1.95. The molecule has 1 aliphatic carbocycles. The van der Waals surface area contributed by atoms with E-state index in [1.54, 1.807) is 0 Å². The second kappa shape index (κ2) is 5.11. The SMILES string of the molecule is CO[C@@H]1CCCCC1[C@@]1(C)O[C@@H]1CC=C(C)C. The van der Waals surface area contributed by atoms with Gasteiger partial charge < -0.3 is 9.47 Å². The Labute approximate surface area is 105 Å². The second-order valence-corrected chi connectivity index (χ2v) is 5.97. The lowest BCUT2D eigenvalue weighted by Gasteiger charge is -2.33. The van der Waals surface area contributed by atoms with Gasteiger partial charge in [-0.3, -0.25) is 0 Å². The van der Waals surface area contributed by atoms with Gasteiger partial charge in [-0.2, -0.15) is 0 Å². The molecule has 0 N–H and O–H groups in total. The maximum Gasteiger partial charge on any atom is 0.0976 e. The molecule has 1 aliphatic heterocycles. The first-order chi connectivity index (χ1) is 8.08. The number of hydrogen-bond donors (Lipinski definition) is 0. The van der Waals surface area contributed by atoms with Gasteiger partial charge in [0.15, 0.2) is 0 Å². The van der Waals surface area contributed by atoms with Gasteiger partial charge in [-0.15, -0.1) is 0 Å².